The van der Waals surface area contributed by atoms with Gasteiger partial charge in [0, 0.05) is 18.3 Å². The number of aromatic nitrogens is 2. The number of amides is 1. The highest BCUT2D eigenvalue weighted by atomic mass is 32.2. The zero-order chi connectivity index (χ0) is 16.3. The second kappa shape index (κ2) is 6.68. The van der Waals surface area contributed by atoms with E-state index in [0.717, 1.165) is 12.4 Å². The fourth-order valence-electron chi connectivity index (χ4n) is 2.13. The lowest BCUT2D eigenvalue weighted by Crippen LogP contribution is -2.43. The number of hydrogen-bond donors (Lipinski definition) is 0. The zero-order valence-corrected chi connectivity index (χ0v) is 13.7. The number of ether oxygens (including phenoxy) is 1. The number of nitrogens with zero attached hydrogens (tertiary/aromatic N) is 3. The number of rotatable bonds is 2. The Kier molecular flexibility index (Phi) is 5.10. The average Bonchev–Trinajstić information content (AvgIpc) is 2.46. The van der Waals surface area contributed by atoms with Crippen LogP contribution in [0.25, 0.3) is 0 Å². The first-order valence-corrected chi connectivity index (χ1v) is 8.33. The van der Waals surface area contributed by atoms with Gasteiger partial charge in [0.15, 0.2) is 5.82 Å². The molecule has 0 aliphatic carbocycles. The third kappa shape index (κ3) is 4.46. The average molecular weight is 329 g/mol. The summed E-state index contributed by atoms with van der Waals surface area (Å²) in [6, 6.07) is 0. The molecule has 1 saturated heterocycles. The molecule has 1 aliphatic rings. The van der Waals surface area contributed by atoms with Crippen molar-refractivity contribution in [1.29, 1.82) is 0 Å². The van der Waals surface area contributed by atoms with Crippen LogP contribution in [-0.2, 0) is 15.5 Å². The van der Waals surface area contributed by atoms with Crippen LogP contribution in [0.3, 0.4) is 0 Å². The first kappa shape index (κ1) is 16.8. The van der Waals surface area contributed by atoms with Crippen molar-refractivity contribution in [2.45, 2.75) is 49.6 Å². The largest absolute Gasteiger partial charge is 0.444 e. The summed E-state index contributed by atoms with van der Waals surface area (Å²) in [5, 5.41) is 0.00117. The van der Waals surface area contributed by atoms with Crippen LogP contribution in [0.2, 0.25) is 0 Å². The molecule has 1 fully saturated rings. The molecule has 1 aromatic rings. The Morgan fingerprint density at radius 3 is 2.36 bits per heavy atom. The van der Waals surface area contributed by atoms with Gasteiger partial charge in [-0.05, 0) is 33.6 Å². The molecule has 8 heteroatoms. The molecule has 2 heterocycles. The molecule has 1 aromatic heterocycles. The lowest BCUT2D eigenvalue weighted by Gasteiger charge is -2.32. The number of carbonyl (C=O) groups excluding carboxylic acids is 1. The molecule has 0 unspecified atom stereocenters. The summed E-state index contributed by atoms with van der Waals surface area (Å²) in [4.78, 5) is 21.1. The third-order valence-corrected chi connectivity index (χ3v) is 4.82. The number of likely N-dealkylation sites (tertiary alicyclic amines) is 1. The molecule has 6 nitrogen and oxygen atoms in total. The maximum Gasteiger partial charge on any atom is 0.410 e. The molecule has 0 aromatic carbocycles. The SMILES string of the molecule is CC(C)(C)OC(=O)N1CCC([S@](=O)c2ncc(F)cn2)CC1. The van der Waals surface area contributed by atoms with E-state index in [4.69, 9.17) is 4.74 Å². The lowest BCUT2D eigenvalue weighted by atomic mass is 10.1. The highest BCUT2D eigenvalue weighted by Gasteiger charge is 2.30. The zero-order valence-electron chi connectivity index (χ0n) is 12.9. The molecule has 1 amide bonds. The standard InChI is InChI=1S/C14H20FN3O3S/c1-14(2,3)21-13(19)18-6-4-11(5-7-18)22(20)12-16-8-10(15)9-17-12/h8-9,11H,4-7H2,1-3H3/t22-/m0/s1. The van der Waals surface area contributed by atoms with Crippen LogP contribution in [-0.4, -0.2) is 49.1 Å². The van der Waals surface area contributed by atoms with Gasteiger partial charge in [0.05, 0.1) is 23.2 Å². The van der Waals surface area contributed by atoms with Crippen molar-refractivity contribution in [3.8, 4) is 0 Å². The Morgan fingerprint density at radius 1 is 1.32 bits per heavy atom. The van der Waals surface area contributed by atoms with Crippen LogP contribution in [0.4, 0.5) is 9.18 Å². The summed E-state index contributed by atoms with van der Waals surface area (Å²) in [5.74, 6) is -0.555. The number of carbonyl (C=O) groups is 1. The number of piperidine rings is 1. The Balaban J connectivity index is 1.90. The van der Waals surface area contributed by atoms with Gasteiger partial charge in [-0.25, -0.2) is 19.2 Å². The van der Waals surface area contributed by atoms with E-state index >= 15 is 0 Å². The molecule has 0 bridgehead atoms. The highest BCUT2D eigenvalue weighted by Crippen LogP contribution is 2.21. The van der Waals surface area contributed by atoms with Crippen molar-refractivity contribution in [1.82, 2.24) is 14.9 Å². The molecule has 2 rings (SSSR count). The van der Waals surface area contributed by atoms with E-state index < -0.39 is 22.2 Å². The quantitative estimate of drug-likeness (QED) is 0.777. The summed E-state index contributed by atoms with van der Waals surface area (Å²) >= 11 is 0. The Labute approximate surface area is 131 Å². The normalized spacial score (nSPS) is 18.1. The van der Waals surface area contributed by atoms with Gasteiger partial charge < -0.3 is 9.64 Å². The fraction of sp³-hybridized carbons (Fsp3) is 0.643. The van der Waals surface area contributed by atoms with E-state index in [0.29, 0.717) is 25.9 Å². The van der Waals surface area contributed by atoms with Crippen molar-refractivity contribution in [3.63, 3.8) is 0 Å². The maximum absolute atomic E-state index is 12.8. The van der Waals surface area contributed by atoms with Crippen molar-refractivity contribution >= 4 is 16.9 Å². The minimum atomic E-state index is -1.39. The van der Waals surface area contributed by atoms with Crippen molar-refractivity contribution in [3.05, 3.63) is 18.2 Å². The minimum Gasteiger partial charge on any atom is -0.444 e. The van der Waals surface area contributed by atoms with E-state index in [2.05, 4.69) is 9.97 Å². The molecule has 0 spiro atoms. The van der Waals surface area contributed by atoms with E-state index in [1.807, 2.05) is 20.8 Å². The second-order valence-corrected chi connectivity index (χ2v) is 7.77. The van der Waals surface area contributed by atoms with Gasteiger partial charge in [0.25, 0.3) is 0 Å². The molecule has 0 radical (unpaired) electrons. The topological polar surface area (TPSA) is 72.4 Å². The summed E-state index contributed by atoms with van der Waals surface area (Å²) in [6.45, 7) is 6.41. The van der Waals surface area contributed by atoms with Crippen LogP contribution in [0, 0.1) is 5.82 Å². The first-order chi connectivity index (χ1) is 10.3. The van der Waals surface area contributed by atoms with Crippen molar-refractivity contribution in [2.75, 3.05) is 13.1 Å². The van der Waals surface area contributed by atoms with Crippen molar-refractivity contribution in [2.24, 2.45) is 0 Å². The Bertz CT molecular complexity index is 551. The second-order valence-electron chi connectivity index (χ2n) is 6.15. The maximum atomic E-state index is 12.8. The summed E-state index contributed by atoms with van der Waals surface area (Å²) in [5.41, 5.74) is -0.529. The third-order valence-electron chi connectivity index (χ3n) is 3.17. The van der Waals surface area contributed by atoms with Crippen LogP contribution >= 0.6 is 0 Å². The van der Waals surface area contributed by atoms with Gasteiger partial charge in [-0.1, -0.05) is 0 Å². The lowest BCUT2D eigenvalue weighted by molar-refractivity contribution is 0.0218. The van der Waals surface area contributed by atoms with Gasteiger partial charge in [0.2, 0.25) is 5.16 Å². The van der Waals surface area contributed by atoms with Gasteiger partial charge in [-0.15, -0.1) is 0 Å². The summed E-state index contributed by atoms with van der Waals surface area (Å²) in [7, 11) is -1.39. The predicted octanol–water partition coefficient (Wildman–Crippen LogP) is 2.12. The van der Waals surface area contributed by atoms with E-state index in [-0.39, 0.29) is 16.5 Å². The van der Waals surface area contributed by atoms with Crippen LogP contribution in [0.5, 0.6) is 0 Å². The number of halogens is 1. The summed E-state index contributed by atoms with van der Waals surface area (Å²) in [6.07, 6.45) is 2.82. The van der Waals surface area contributed by atoms with Gasteiger partial charge in [0.1, 0.15) is 5.60 Å². The predicted molar refractivity (Wildman–Crippen MR) is 79.2 cm³/mol. The monoisotopic (exact) mass is 329 g/mol. The molecule has 1 aliphatic heterocycles. The molecule has 22 heavy (non-hydrogen) atoms. The number of hydrogen-bond acceptors (Lipinski definition) is 5. The van der Waals surface area contributed by atoms with Crippen molar-refractivity contribution < 1.29 is 18.1 Å². The van der Waals surface area contributed by atoms with Crippen LogP contribution in [0.1, 0.15) is 33.6 Å². The minimum absolute atomic E-state index is 0.135. The van der Waals surface area contributed by atoms with E-state index in [1.165, 1.54) is 0 Å². The smallest absolute Gasteiger partial charge is 0.410 e. The molecular formula is C14H20FN3O3S. The molecule has 1 atom stereocenters. The summed E-state index contributed by atoms with van der Waals surface area (Å²) < 4.78 is 30.4. The van der Waals surface area contributed by atoms with E-state index in [9.17, 15) is 13.4 Å². The molecule has 0 saturated carbocycles. The van der Waals surface area contributed by atoms with Crippen LogP contribution in [0.15, 0.2) is 17.6 Å². The van der Waals surface area contributed by atoms with Gasteiger partial charge in [-0.2, -0.15) is 0 Å². The fourth-order valence-corrected chi connectivity index (χ4v) is 3.38. The van der Waals surface area contributed by atoms with E-state index in [1.54, 1.807) is 4.90 Å². The highest BCUT2D eigenvalue weighted by molar-refractivity contribution is 7.85. The molecule has 122 valence electrons. The van der Waals surface area contributed by atoms with Crippen LogP contribution < -0.4 is 0 Å². The van der Waals surface area contributed by atoms with Gasteiger partial charge >= 0.3 is 6.09 Å². The molecular weight excluding hydrogens is 309 g/mol. The van der Waals surface area contributed by atoms with Gasteiger partial charge in [-0.3, -0.25) is 4.21 Å². The Morgan fingerprint density at radius 2 is 1.86 bits per heavy atom. The Hall–Kier alpha value is -1.57. The molecule has 0 N–H and O–H groups in total. The first-order valence-electron chi connectivity index (χ1n) is 7.12.